The highest BCUT2D eigenvalue weighted by Crippen LogP contribution is 2.35. The molecule has 7 nitrogen and oxygen atoms in total. The number of amides is 1. The lowest BCUT2D eigenvalue weighted by molar-refractivity contribution is -0.161. The minimum Gasteiger partial charge on any atom is -0.460 e. The smallest absolute Gasteiger partial charge is 0.309 e. The van der Waals surface area contributed by atoms with Crippen LogP contribution in [0.5, 0.6) is 11.5 Å². The molecule has 1 saturated carbocycles. The van der Waals surface area contributed by atoms with E-state index < -0.39 is 17.2 Å². The molecule has 0 spiro atoms. The van der Waals surface area contributed by atoms with Gasteiger partial charge in [-0.05, 0) is 95.3 Å². The van der Waals surface area contributed by atoms with Gasteiger partial charge in [0.05, 0.1) is 11.6 Å². The standard InChI is InChI=1S/C35H37F2N3O4/c1-22-30(33(41)39-20-23-16-26(36)18-27(37)17-23)6-5-7-32(22)43-29-12-14-38-31(19-29)25-13-15-40(21-25)28-10-8-24(9-11-28)34(42)44-35(2,3)4/h5-7,12-19,21,24,28H,8-11,20H2,1-4H3,(H,39,41). The third kappa shape index (κ3) is 7.70. The third-order valence-corrected chi connectivity index (χ3v) is 7.73. The fourth-order valence-corrected chi connectivity index (χ4v) is 5.51. The van der Waals surface area contributed by atoms with E-state index in [1.807, 2.05) is 39.1 Å². The molecule has 1 fully saturated rings. The summed E-state index contributed by atoms with van der Waals surface area (Å²) in [6.07, 6.45) is 9.20. The maximum absolute atomic E-state index is 13.5. The summed E-state index contributed by atoms with van der Waals surface area (Å²) in [5.41, 5.74) is 2.57. The summed E-state index contributed by atoms with van der Waals surface area (Å²) < 4.78 is 41.0. The molecule has 44 heavy (non-hydrogen) atoms. The Morgan fingerprint density at radius 3 is 2.43 bits per heavy atom. The molecule has 5 rings (SSSR count). The second-order valence-corrected chi connectivity index (χ2v) is 12.3. The zero-order valence-corrected chi connectivity index (χ0v) is 25.4. The van der Waals surface area contributed by atoms with Crippen LogP contribution in [0.4, 0.5) is 8.78 Å². The zero-order valence-electron chi connectivity index (χ0n) is 25.4. The third-order valence-electron chi connectivity index (χ3n) is 7.73. The van der Waals surface area contributed by atoms with Crippen molar-refractivity contribution >= 4 is 11.9 Å². The van der Waals surface area contributed by atoms with Crippen LogP contribution in [0.3, 0.4) is 0 Å². The quantitative estimate of drug-likeness (QED) is 0.207. The van der Waals surface area contributed by atoms with Gasteiger partial charge >= 0.3 is 5.97 Å². The van der Waals surface area contributed by atoms with Crippen LogP contribution in [0.2, 0.25) is 0 Å². The average Bonchev–Trinajstić information content (AvgIpc) is 3.47. The molecule has 2 aromatic carbocycles. The first kappa shape index (κ1) is 30.9. The number of ether oxygens (including phenoxy) is 2. The molecule has 0 atom stereocenters. The Morgan fingerprint density at radius 1 is 1.00 bits per heavy atom. The molecule has 0 aliphatic heterocycles. The Balaban J connectivity index is 1.22. The van der Waals surface area contributed by atoms with Crippen LogP contribution < -0.4 is 10.1 Å². The van der Waals surface area contributed by atoms with E-state index in [4.69, 9.17) is 9.47 Å². The topological polar surface area (TPSA) is 82.5 Å². The maximum Gasteiger partial charge on any atom is 0.309 e. The van der Waals surface area contributed by atoms with E-state index in [1.54, 1.807) is 37.4 Å². The summed E-state index contributed by atoms with van der Waals surface area (Å²) in [4.78, 5) is 29.9. The van der Waals surface area contributed by atoms with Gasteiger partial charge in [-0.25, -0.2) is 8.78 Å². The molecule has 0 unspecified atom stereocenters. The van der Waals surface area contributed by atoms with Crippen LogP contribution in [0, 0.1) is 24.5 Å². The fourth-order valence-electron chi connectivity index (χ4n) is 5.51. The van der Waals surface area contributed by atoms with Gasteiger partial charge in [0.15, 0.2) is 0 Å². The molecule has 0 saturated heterocycles. The van der Waals surface area contributed by atoms with E-state index in [0.29, 0.717) is 34.2 Å². The molecule has 1 amide bonds. The van der Waals surface area contributed by atoms with Gasteiger partial charge in [0.1, 0.15) is 28.7 Å². The van der Waals surface area contributed by atoms with E-state index in [0.717, 1.165) is 43.0 Å². The van der Waals surface area contributed by atoms with E-state index in [2.05, 4.69) is 21.1 Å². The Bertz CT molecular complexity index is 1630. The number of hydrogen-bond donors (Lipinski definition) is 1. The molecule has 1 aliphatic carbocycles. The normalized spacial score (nSPS) is 16.8. The highest BCUT2D eigenvalue weighted by molar-refractivity contribution is 5.96. The van der Waals surface area contributed by atoms with Gasteiger partial charge in [-0.1, -0.05) is 6.07 Å². The first-order valence-electron chi connectivity index (χ1n) is 14.8. The van der Waals surface area contributed by atoms with Crippen molar-refractivity contribution < 1.29 is 27.8 Å². The number of halogens is 2. The first-order chi connectivity index (χ1) is 20.9. The van der Waals surface area contributed by atoms with Gasteiger partial charge in [0.2, 0.25) is 0 Å². The Hall–Kier alpha value is -4.53. The van der Waals surface area contributed by atoms with Crippen molar-refractivity contribution in [2.75, 3.05) is 0 Å². The largest absolute Gasteiger partial charge is 0.460 e. The first-order valence-corrected chi connectivity index (χ1v) is 14.8. The van der Waals surface area contributed by atoms with Gasteiger partial charge in [-0.15, -0.1) is 0 Å². The van der Waals surface area contributed by atoms with Gasteiger partial charge in [0.25, 0.3) is 5.91 Å². The number of esters is 1. The van der Waals surface area contributed by atoms with Crippen LogP contribution in [0.25, 0.3) is 11.3 Å². The monoisotopic (exact) mass is 601 g/mol. The van der Waals surface area contributed by atoms with E-state index in [-0.39, 0.29) is 24.3 Å². The van der Waals surface area contributed by atoms with Crippen LogP contribution >= 0.6 is 0 Å². The maximum atomic E-state index is 13.5. The zero-order chi connectivity index (χ0) is 31.4. The number of nitrogens with zero attached hydrogens (tertiary/aromatic N) is 2. The number of pyridine rings is 1. The molecule has 1 N–H and O–H groups in total. The fraction of sp³-hybridized carbons (Fsp3) is 0.343. The highest BCUT2D eigenvalue weighted by atomic mass is 19.1. The van der Waals surface area contributed by atoms with Gasteiger partial charge in [0, 0.05) is 60.0 Å². The molecule has 230 valence electrons. The van der Waals surface area contributed by atoms with Crippen LogP contribution in [-0.2, 0) is 16.1 Å². The summed E-state index contributed by atoms with van der Waals surface area (Å²) in [7, 11) is 0. The predicted octanol–water partition coefficient (Wildman–Crippen LogP) is 7.93. The lowest BCUT2D eigenvalue weighted by atomic mass is 9.86. The molecular weight excluding hydrogens is 564 g/mol. The SMILES string of the molecule is Cc1c(Oc2ccnc(-c3ccn(C4CCC(C(=O)OC(C)(C)C)CC4)c3)c2)cccc1C(=O)NCc1cc(F)cc(F)c1. The van der Waals surface area contributed by atoms with Gasteiger partial charge in [-0.3, -0.25) is 14.6 Å². The highest BCUT2D eigenvalue weighted by Gasteiger charge is 2.30. The number of hydrogen-bond acceptors (Lipinski definition) is 5. The molecule has 2 aromatic heterocycles. The molecule has 0 radical (unpaired) electrons. The van der Waals surface area contributed by atoms with E-state index in [1.165, 1.54) is 12.1 Å². The molecule has 9 heteroatoms. The minimum atomic E-state index is -0.698. The summed E-state index contributed by atoms with van der Waals surface area (Å²) >= 11 is 0. The number of benzene rings is 2. The Morgan fingerprint density at radius 2 is 1.73 bits per heavy atom. The van der Waals surface area contributed by atoms with Crippen LogP contribution in [0.15, 0.2) is 73.2 Å². The van der Waals surface area contributed by atoms with Gasteiger partial charge < -0.3 is 19.4 Å². The Kier molecular flexibility index (Phi) is 9.13. The summed E-state index contributed by atoms with van der Waals surface area (Å²) in [6, 6.07) is 14.3. The molecule has 1 aliphatic rings. The summed E-state index contributed by atoms with van der Waals surface area (Å²) in [5, 5.41) is 2.72. The summed E-state index contributed by atoms with van der Waals surface area (Å²) in [6.45, 7) is 7.45. The van der Waals surface area contributed by atoms with Crippen molar-refractivity contribution in [2.24, 2.45) is 5.92 Å². The van der Waals surface area contributed by atoms with Crippen molar-refractivity contribution in [1.29, 1.82) is 0 Å². The number of carbonyl (C=O) groups excluding carboxylic acids is 2. The lowest BCUT2D eigenvalue weighted by Gasteiger charge is -2.30. The van der Waals surface area contributed by atoms with Crippen LogP contribution in [-0.4, -0.2) is 27.0 Å². The van der Waals surface area contributed by atoms with Crippen molar-refractivity contribution in [2.45, 2.75) is 71.6 Å². The predicted molar refractivity (Wildman–Crippen MR) is 163 cm³/mol. The van der Waals surface area contributed by atoms with Crippen molar-refractivity contribution in [3.05, 3.63) is 102 Å². The molecule has 0 bridgehead atoms. The number of nitrogens with one attached hydrogen (secondary N) is 1. The average molecular weight is 602 g/mol. The van der Waals surface area contributed by atoms with E-state index in [9.17, 15) is 18.4 Å². The van der Waals surface area contributed by atoms with Gasteiger partial charge in [-0.2, -0.15) is 0 Å². The second kappa shape index (κ2) is 13.0. The van der Waals surface area contributed by atoms with Crippen molar-refractivity contribution in [3.63, 3.8) is 0 Å². The lowest BCUT2D eigenvalue weighted by Crippen LogP contribution is -2.31. The van der Waals surface area contributed by atoms with Crippen LogP contribution in [0.1, 0.15) is 74.0 Å². The molecule has 4 aromatic rings. The van der Waals surface area contributed by atoms with Crippen molar-refractivity contribution in [3.8, 4) is 22.8 Å². The number of aromatic nitrogens is 2. The molecule has 2 heterocycles. The van der Waals surface area contributed by atoms with Crippen molar-refractivity contribution in [1.82, 2.24) is 14.9 Å². The number of carbonyl (C=O) groups is 2. The second-order valence-electron chi connectivity index (χ2n) is 12.3. The Labute approximate surface area is 256 Å². The summed E-state index contributed by atoms with van der Waals surface area (Å²) in [5.74, 6) is -0.862. The number of rotatable bonds is 8. The minimum absolute atomic E-state index is 0.0173. The molecular formula is C35H37F2N3O4. The van der Waals surface area contributed by atoms with E-state index >= 15 is 0 Å².